The van der Waals surface area contributed by atoms with Crippen molar-refractivity contribution in [3.8, 4) is 0 Å². The molecule has 4 fully saturated rings. The van der Waals surface area contributed by atoms with Crippen molar-refractivity contribution < 1.29 is 14.3 Å². The predicted octanol–water partition coefficient (Wildman–Crippen LogP) is 6.26. The van der Waals surface area contributed by atoms with Crippen molar-refractivity contribution in [2.75, 3.05) is 0 Å². The van der Waals surface area contributed by atoms with E-state index in [2.05, 4.69) is 13.8 Å². The lowest BCUT2D eigenvalue weighted by Crippen LogP contribution is -2.48. The van der Waals surface area contributed by atoms with Gasteiger partial charge >= 0.3 is 5.97 Å². The Balaban J connectivity index is 1.33. The Hall–Kier alpha value is -1.12. The zero-order chi connectivity index (χ0) is 20.9. The molecule has 0 amide bonds. The molecule has 0 spiro atoms. The highest BCUT2D eigenvalue weighted by Gasteiger charge is 2.60. The third-order valence-corrected chi connectivity index (χ3v) is 10.1. The molecule has 0 heterocycles. The van der Waals surface area contributed by atoms with Gasteiger partial charge in [0.15, 0.2) is 5.78 Å². The Labute approximate surface area is 182 Å². The molecule has 0 bridgehead atoms. The molecule has 3 nitrogen and oxygen atoms in total. The van der Waals surface area contributed by atoms with Gasteiger partial charge in [-0.2, -0.15) is 0 Å². The number of carbonyl (C=O) groups is 2. The second-order valence-electron chi connectivity index (χ2n) is 11.5. The van der Waals surface area contributed by atoms with E-state index < -0.39 is 0 Å². The number of esters is 1. The molecule has 0 aromatic rings. The van der Waals surface area contributed by atoms with Crippen LogP contribution in [0.15, 0.2) is 11.6 Å². The molecule has 0 aliphatic heterocycles. The number of hydrogen-bond donors (Lipinski definition) is 0. The highest BCUT2D eigenvalue weighted by atomic mass is 16.5. The van der Waals surface area contributed by atoms with Crippen molar-refractivity contribution in [3.05, 3.63) is 11.6 Å². The molecule has 7 atom stereocenters. The first-order chi connectivity index (χ1) is 14.5. The summed E-state index contributed by atoms with van der Waals surface area (Å²) in [5, 5.41) is 0. The SMILES string of the molecule is CC[C@H]1C[C@H]2[C@@H]3CCC4=CC(=O)CC[C@@H]4[C@H]3CC[C@]2(C)[C@H]1OC(=O)CC1CCCC1. The molecule has 5 rings (SSSR count). The monoisotopic (exact) mass is 412 g/mol. The minimum Gasteiger partial charge on any atom is -0.461 e. The Kier molecular flexibility index (Phi) is 5.60. The van der Waals surface area contributed by atoms with E-state index in [0.717, 1.165) is 37.5 Å². The highest BCUT2D eigenvalue weighted by Crippen LogP contribution is 2.64. The average Bonchev–Trinajstić information content (AvgIpc) is 3.33. The van der Waals surface area contributed by atoms with Crippen LogP contribution in [0.5, 0.6) is 0 Å². The number of ketones is 1. The second-order valence-corrected chi connectivity index (χ2v) is 11.5. The summed E-state index contributed by atoms with van der Waals surface area (Å²) in [7, 11) is 0. The summed E-state index contributed by atoms with van der Waals surface area (Å²) in [6.07, 6.45) is 16.7. The summed E-state index contributed by atoms with van der Waals surface area (Å²) >= 11 is 0. The predicted molar refractivity (Wildman–Crippen MR) is 118 cm³/mol. The summed E-state index contributed by atoms with van der Waals surface area (Å²) in [5.74, 6) is 4.36. The van der Waals surface area contributed by atoms with Gasteiger partial charge in [0.1, 0.15) is 6.10 Å². The van der Waals surface area contributed by atoms with E-state index in [1.807, 2.05) is 6.08 Å². The van der Waals surface area contributed by atoms with Gasteiger partial charge in [-0.15, -0.1) is 0 Å². The fourth-order valence-electron chi connectivity index (χ4n) is 8.57. The number of fused-ring (bicyclic) bond motifs is 5. The number of allylic oxidation sites excluding steroid dienone is 1. The van der Waals surface area contributed by atoms with E-state index in [4.69, 9.17) is 4.74 Å². The van der Waals surface area contributed by atoms with E-state index in [0.29, 0.717) is 35.9 Å². The number of rotatable bonds is 4. The lowest BCUT2D eigenvalue weighted by molar-refractivity contribution is -0.163. The second kappa shape index (κ2) is 8.10. The molecule has 0 unspecified atom stereocenters. The molecule has 0 N–H and O–H groups in total. The van der Waals surface area contributed by atoms with Gasteiger partial charge in [-0.3, -0.25) is 9.59 Å². The molecule has 3 heteroatoms. The first-order valence-corrected chi connectivity index (χ1v) is 12.9. The highest BCUT2D eigenvalue weighted by molar-refractivity contribution is 5.91. The zero-order valence-corrected chi connectivity index (χ0v) is 19.0. The number of carbonyl (C=O) groups excluding carboxylic acids is 2. The maximum absolute atomic E-state index is 12.9. The van der Waals surface area contributed by atoms with Crippen molar-refractivity contribution in [1.29, 1.82) is 0 Å². The molecule has 4 saturated carbocycles. The molecule has 0 radical (unpaired) electrons. The minimum absolute atomic E-state index is 0.0778. The maximum atomic E-state index is 12.9. The van der Waals surface area contributed by atoms with Crippen molar-refractivity contribution in [1.82, 2.24) is 0 Å². The van der Waals surface area contributed by atoms with Crippen LogP contribution in [0.2, 0.25) is 0 Å². The van der Waals surface area contributed by atoms with Crippen molar-refractivity contribution in [2.24, 2.45) is 40.9 Å². The van der Waals surface area contributed by atoms with E-state index in [1.54, 1.807) is 0 Å². The van der Waals surface area contributed by atoms with Gasteiger partial charge in [-0.25, -0.2) is 0 Å². The maximum Gasteiger partial charge on any atom is 0.306 e. The molecule has 30 heavy (non-hydrogen) atoms. The van der Waals surface area contributed by atoms with Crippen molar-refractivity contribution in [2.45, 2.75) is 103 Å². The topological polar surface area (TPSA) is 43.4 Å². The molecule has 5 aliphatic rings. The molecular weight excluding hydrogens is 372 g/mol. The third kappa shape index (κ3) is 3.48. The summed E-state index contributed by atoms with van der Waals surface area (Å²) in [5.41, 5.74) is 1.61. The Bertz CT molecular complexity index is 718. The van der Waals surface area contributed by atoms with Crippen LogP contribution in [0.1, 0.15) is 97.3 Å². The van der Waals surface area contributed by atoms with E-state index in [9.17, 15) is 9.59 Å². The van der Waals surface area contributed by atoms with Gasteiger partial charge in [0.2, 0.25) is 0 Å². The standard InChI is InChI=1S/C27H40O3/c1-3-18-16-24-23-10-8-19-15-20(28)9-11-21(19)22(23)12-13-27(24,2)26(18)30-25(29)14-17-6-4-5-7-17/h15,17-18,21-24,26H,3-14,16H2,1-2H3/t18-,21-,22+,23+,24-,26-,27-/m0/s1. The Morgan fingerprint density at radius 2 is 1.90 bits per heavy atom. The molecular formula is C27H40O3. The van der Waals surface area contributed by atoms with Crippen LogP contribution in [-0.2, 0) is 14.3 Å². The summed E-state index contributed by atoms with van der Waals surface area (Å²) in [4.78, 5) is 24.8. The lowest BCUT2D eigenvalue weighted by Gasteiger charge is -2.53. The lowest BCUT2D eigenvalue weighted by atomic mass is 9.52. The normalized spacial score (nSPS) is 43.5. The smallest absolute Gasteiger partial charge is 0.306 e. The van der Waals surface area contributed by atoms with Gasteiger partial charge < -0.3 is 4.74 Å². The summed E-state index contributed by atoms with van der Waals surface area (Å²) in [6.45, 7) is 4.74. The van der Waals surface area contributed by atoms with Crippen LogP contribution >= 0.6 is 0 Å². The molecule has 0 aromatic carbocycles. The zero-order valence-electron chi connectivity index (χ0n) is 19.0. The van der Waals surface area contributed by atoms with Crippen molar-refractivity contribution >= 4 is 11.8 Å². The summed E-state index contributed by atoms with van der Waals surface area (Å²) in [6, 6.07) is 0. The molecule has 0 saturated heterocycles. The fraction of sp³-hybridized carbons (Fsp3) is 0.852. The Morgan fingerprint density at radius 3 is 2.67 bits per heavy atom. The molecule has 5 aliphatic carbocycles. The van der Waals surface area contributed by atoms with E-state index in [1.165, 1.54) is 56.9 Å². The first kappa shape index (κ1) is 20.8. The molecule has 166 valence electrons. The van der Waals surface area contributed by atoms with Gasteiger partial charge in [0.25, 0.3) is 0 Å². The van der Waals surface area contributed by atoms with Crippen LogP contribution in [-0.4, -0.2) is 17.9 Å². The molecule has 0 aromatic heterocycles. The van der Waals surface area contributed by atoms with Gasteiger partial charge in [-0.05, 0) is 99.4 Å². The van der Waals surface area contributed by atoms with E-state index >= 15 is 0 Å². The largest absolute Gasteiger partial charge is 0.461 e. The first-order valence-electron chi connectivity index (χ1n) is 12.9. The number of hydrogen-bond acceptors (Lipinski definition) is 3. The number of ether oxygens (including phenoxy) is 1. The van der Waals surface area contributed by atoms with E-state index in [-0.39, 0.29) is 17.5 Å². The Morgan fingerprint density at radius 1 is 1.10 bits per heavy atom. The quantitative estimate of drug-likeness (QED) is 0.512. The van der Waals surface area contributed by atoms with Crippen LogP contribution in [0.3, 0.4) is 0 Å². The van der Waals surface area contributed by atoms with Crippen LogP contribution < -0.4 is 0 Å². The van der Waals surface area contributed by atoms with Crippen LogP contribution in [0.25, 0.3) is 0 Å². The van der Waals surface area contributed by atoms with Gasteiger partial charge in [0, 0.05) is 18.3 Å². The average molecular weight is 413 g/mol. The summed E-state index contributed by atoms with van der Waals surface area (Å²) < 4.78 is 6.35. The fourth-order valence-corrected chi connectivity index (χ4v) is 8.57. The van der Waals surface area contributed by atoms with Crippen LogP contribution in [0.4, 0.5) is 0 Å². The van der Waals surface area contributed by atoms with Gasteiger partial charge in [-0.1, -0.05) is 32.3 Å². The van der Waals surface area contributed by atoms with Crippen molar-refractivity contribution in [3.63, 3.8) is 0 Å². The third-order valence-electron chi connectivity index (χ3n) is 10.1. The van der Waals surface area contributed by atoms with Crippen LogP contribution in [0, 0.1) is 40.9 Å². The van der Waals surface area contributed by atoms with Gasteiger partial charge in [0.05, 0.1) is 0 Å². The minimum atomic E-state index is 0.0778.